The molecular formula is C23H25NO. The van der Waals surface area contributed by atoms with Gasteiger partial charge in [-0.3, -0.25) is 4.79 Å². The van der Waals surface area contributed by atoms with E-state index in [1.165, 1.54) is 22.3 Å². The van der Waals surface area contributed by atoms with Crippen LogP contribution in [0.1, 0.15) is 32.6 Å². The average Bonchev–Trinajstić information content (AvgIpc) is 2.67. The molecule has 3 aromatic rings. The van der Waals surface area contributed by atoms with Crippen molar-refractivity contribution < 1.29 is 4.79 Å². The zero-order valence-electron chi connectivity index (χ0n) is 14.9. The summed E-state index contributed by atoms with van der Waals surface area (Å²) < 4.78 is 0. The number of hydrogen-bond acceptors (Lipinski definition) is 2. The van der Waals surface area contributed by atoms with E-state index in [-0.39, 0.29) is 0 Å². The molecule has 0 aliphatic carbocycles. The second-order valence-electron chi connectivity index (χ2n) is 5.98. The second-order valence-corrected chi connectivity index (χ2v) is 5.98. The minimum absolute atomic E-state index is 0.729. The lowest BCUT2D eigenvalue weighted by molar-refractivity contribution is 0.112. The third-order valence-corrected chi connectivity index (χ3v) is 4.14. The van der Waals surface area contributed by atoms with Gasteiger partial charge in [-0.2, -0.15) is 0 Å². The number of aldehydes is 1. The van der Waals surface area contributed by atoms with E-state index in [1.54, 1.807) is 12.1 Å². The van der Waals surface area contributed by atoms with Crippen LogP contribution in [0.15, 0.2) is 78.9 Å². The summed E-state index contributed by atoms with van der Waals surface area (Å²) in [5.74, 6) is 0. The van der Waals surface area contributed by atoms with Crippen LogP contribution in [0.5, 0.6) is 0 Å². The van der Waals surface area contributed by atoms with Crippen molar-refractivity contribution in [3.8, 4) is 0 Å². The van der Waals surface area contributed by atoms with Crippen molar-refractivity contribution in [2.75, 3.05) is 0 Å². The fraction of sp³-hybridized carbons (Fsp3) is 0.174. The van der Waals surface area contributed by atoms with E-state index in [9.17, 15) is 4.79 Å². The zero-order valence-corrected chi connectivity index (χ0v) is 14.9. The SMILES string of the molecule is Cc1cccc(CNCc2ccccc2)c1C.O=Cc1ccccc1. The van der Waals surface area contributed by atoms with Gasteiger partial charge in [0, 0.05) is 18.7 Å². The van der Waals surface area contributed by atoms with Crippen molar-refractivity contribution >= 4 is 6.29 Å². The van der Waals surface area contributed by atoms with Crippen LogP contribution in [0.4, 0.5) is 0 Å². The maximum atomic E-state index is 10.0. The number of rotatable bonds is 5. The van der Waals surface area contributed by atoms with Crippen LogP contribution in [0, 0.1) is 13.8 Å². The Kier molecular flexibility index (Phi) is 7.61. The van der Waals surface area contributed by atoms with Gasteiger partial charge in [0.25, 0.3) is 0 Å². The molecule has 128 valence electrons. The highest BCUT2D eigenvalue weighted by atomic mass is 16.1. The average molecular weight is 331 g/mol. The Hall–Kier alpha value is -2.71. The molecule has 0 heterocycles. The molecule has 0 fully saturated rings. The maximum absolute atomic E-state index is 10.0. The summed E-state index contributed by atoms with van der Waals surface area (Å²) in [5.41, 5.74) is 6.21. The number of hydrogen-bond donors (Lipinski definition) is 1. The summed E-state index contributed by atoms with van der Waals surface area (Å²) in [5, 5.41) is 3.49. The highest BCUT2D eigenvalue weighted by molar-refractivity contribution is 5.74. The first-order valence-electron chi connectivity index (χ1n) is 8.50. The number of nitrogens with one attached hydrogen (secondary N) is 1. The molecule has 0 radical (unpaired) electrons. The van der Waals surface area contributed by atoms with E-state index >= 15 is 0 Å². The first-order chi connectivity index (χ1) is 12.2. The number of benzene rings is 3. The van der Waals surface area contributed by atoms with Crippen LogP contribution in [-0.2, 0) is 13.1 Å². The fourth-order valence-electron chi connectivity index (χ4n) is 2.47. The summed E-state index contributed by atoms with van der Waals surface area (Å²) in [6.45, 7) is 6.21. The number of carbonyl (C=O) groups excluding carboxylic acids is 1. The summed E-state index contributed by atoms with van der Waals surface area (Å²) in [6, 6.07) is 26.1. The Morgan fingerprint density at radius 1 is 0.760 bits per heavy atom. The van der Waals surface area contributed by atoms with E-state index < -0.39 is 0 Å². The predicted octanol–water partition coefficient (Wildman–Crippen LogP) is 5.09. The van der Waals surface area contributed by atoms with Gasteiger partial charge in [0.15, 0.2) is 0 Å². The van der Waals surface area contributed by atoms with E-state index in [0.29, 0.717) is 0 Å². The lowest BCUT2D eigenvalue weighted by Crippen LogP contribution is -2.13. The van der Waals surface area contributed by atoms with Gasteiger partial charge >= 0.3 is 0 Å². The topological polar surface area (TPSA) is 29.1 Å². The number of aryl methyl sites for hydroxylation is 1. The van der Waals surface area contributed by atoms with Crippen molar-refractivity contribution in [3.05, 3.63) is 107 Å². The third-order valence-electron chi connectivity index (χ3n) is 4.14. The van der Waals surface area contributed by atoms with Crippen molar-refractivity contribution in [1.29, 1.82) is 0 Å². The lowest BCUT2D eigenvalue weighted by Gasteiger charge is -2.09. The van der Waals surface area contributed by atoms with Gasteiger partial charge in [-0.1, -0.05) is 78.9 Å². The van der Waals surface area contributed by atoms with Crippen LogP contribution < -0.4 is 5.32 Å². The van der Waals surface area contributed by atoms with Gasteiger partial charge in [-0.15, -0.1) is 0 Å². The summed E-state index contributed by atoms with van der Waals surface area (Å²) in [6.07, 6.45) is 0.833. The van der Waals surface area contributed by atoms with E-state index in [4.69, 9.17) is 0 Å². The minimum atomic E-state index is 0.729. The van der Waals surface area contributed by atoms with Crippen molar-refractivity contribution in [2.45, 2.75) is 26.9 Å². The molecule has 0 unspecified atom stereocenters. The van der Waals surface area contributed by atoms with Gasteiger partial charge in [0.2, 0.25) is 0 Å². The molecule has 0 saturated heterocycles. The Balaban J connectivity index is 0.000000236. The highest BCUT2D eigenvalue weighted by Crippen LogP contribution is 2.12. The zero-order chi connectivity index (χ0) is 17.9. The first kappa shape index (κ1) is 18.6. The Morgan fingerprint density at radius 3 is 2.00 bits per heavy atom. The Bertz CT molecular complexity index is 767. The van der Waals surface area contributed by atoms with Crippen molar-refractivity contribution in [1.82, 2.24) is 5.32 Å². The first-order valence-corrected chi connectivity index (χ1v) is 8.50. The monoisotopic (exact) mass is 331 g/mol. The third kappa shape index (κ3) is 6.36. The molecule has 0 bridgehead atoms. The molecule has 1 N–H and O–H groups in total. The molecule has 2 nitrogen and oxygen atoms in total. The van der Waals surface area contributed by atoms with Gasteiger partial charge in [0.1, 0.15) is 6.29 Å². The Morgan fingerprint density at radius 2 is 1.40 bits per heavy atom. The molecule has 0 atom stereocenters. The van der Waals surface area contributed by atoms with Crippen LogP contribution in [0.3, 0.4) is 0 Å². The fourth-order valence-corrected chi connectivity index (χ4v) is 2.47. The molecule has 0 aliphatic rings. The van der Waals surface area contributed by atoms with E-state index in [0.717, 1.165) is 24.9 Å². The highest BCUT2D eigenvalue weighted by Gasteiger charge is 1.99. The molecule has 2 heteroatoms. The van der Waals surface area contributed by atoms with Gasteiger partial charge in [-0.05, 0) is 36.1 Å². The van der Waals surface area contributed by atoms with Gasteiger partial charge in [-0.25, -0.2) is 0 Å². The molecule has 0 spiro atoms. The van der Waals surface area contributed by atoms with E-state index in [2.05, 4.69) is 61.6 Å². The second kappa shape index (κ2) is 10.2. The maximum Gasteiger partial charge on any atom is 0.150 e. The van der Waals surface area contributed by atoms with Crippen LogP contribution in [-0.4, -0.2) is 6.29 Å². The van der Waals surface area contributed by atoms with Crippen LogP contribution in [0.25, 0.3) is 0 Å². The predicted molar refractivity (Wildman–Crippen MR) is 105 cm³/mol. The van der Waals surface area contributed by atoms with Crippen molar-refractivity contribution in [2.24, 2.45) is 0 Å². The normalized spacial score (nSPS) is 9.84. The summed E-state index contributed by atoms with van der Waals surface area (Å²) in [4.78, 5) is 10.0. The quantitative estimate of drug-likeness (QED) is 0.660. The molecule has 3 rings (SSSR count). The van der Waals surface area contributed by atoms with Gasteiger partial charge < -0.3 is 5.32 Å². The largest absolute Gasteiger partial charge is 0.309 e. The van der Waals surface area contributed by atoms with Crippen molar-refractivity contribution in [3.63, 3.8) is 0 Å². The smallest absolute Gasteiger partial charge is 0.150 e. The Labute approximate surface area is 150 Å². The lowest BCUT2D eigenvalue weighted by atomic mass is 10.0. The summed E-state index contributed by atoms with van der Waals surface area (Å²) in [7, 11) is 0. The molecule has 3 aromatic carbocycles. The molecule has 0 saturated carbocycles. The molecule has 0 aromatic heterocycles. The van der Waals surface area contributed by atoms with E-state index in [1.807, 2.05) is 24.3 Å². The standard InChI is InChI=1S/C16H19N.C7H6O/c1-13-7-6-10-16(14(13)2)12-17-11-15-8-4-3-5-9-15;8-6-7-4-2-1-3-5-7/h3-10,17H,11-12H2,1-2H3;1-6H. The number of carbonyl (C=O) groups is 1. The minimum Gasteiger partial charge on any atom is -0.309 e. The molecule has 25 heavy (non-hydrogen) atoms. The molecule has 0 aliphatic heterocycles. The van der Waals surface area contributed by atoms with Crippen LogP contribution >= 0.6 is 0 Å². The van der Waals surface area contributed by atoms with Gasteiger partial charge in [0.05, 0.1) is 0 Å². The van der Waals surface area contributed by atoms with Crippen LogP contribution in [0.2, 0.25) is 0 Å². The summed E-state index contributed by atoms with van der Waals surface area (Å²) >= 11 is 0. The molecule has 0 amide bonds. The molecular weight excluding hydrogens is 306 g/mol.